The van der Waals surface area contributed by atoms with Gasteiger partial charge in [-0.25, -0.2) is 0 Å². The second-order valence-electron chi connectivity index (χ2n) is 4.79. The van der Waals surface area contributed by atoms with E-state index >= 15 is 0 Å². The number of pyridine rings is 1. The highest BCUT2D eigenvalue weighted by Gasteiger charge is 2.10. The quantitative estimate of drug-likeness (QED) is 0.531. The van der Waals surface area contributed by atoms with E-state index in [1.165, 1.54) is 0 Å². The summed E-state index contributed by atoms with van der Waals surface area (Å²) in [5.74, 6) is 1.36. The zero-order chi connectivity index (χ0) is 15.4. The molecule has 1 aromatic carbocycles. The highest BCUT2D eigenvalue weighted by Crippen LogP contribution is 2.28. The molecule has 0 saturated heterocycles. The molecule has 0 bridgehead atoms. The Kier molecular flexibility index (Phi) is 4.05. The van der Waals surface area contributed by atoms with Crippen LogP contribution in [0.4, 0.5) is 0 Å². The van der Waals surface area contributed by atoms with Crippen LogP contribution in [-0.2, 0) is 11.4 Å². The maximum absolute atomic E-state index is 5.81. The summed E-state index contributed by atoms with van der Waals surface area (Å²) in [5.41, 5.74) is 2.40. The molecule has 0 aliphatic rings. The molecule has 3 aromatic rings. The molecule has 0 aliphatic carbocycles. The van der Waals surface area contributed by atoms with Gasteiger partial charge in [0.2, 0.25) is 0 Å². The van der Waals surface area contributed by atoms with Crippen LogP contribution in [-0.4, -0.2) is 17.8 Å². The molecule has 0 aliphatic heterocycles. The number of methoxy groups -OCH3 is 1. The Morgan fingerprint density at radius 3 is 2.82 bits per heavy atom. The van der Waals surface area contributed by atoms with Crippen LogP contribution in [0, 0.1) is 0 Å². The van der Waals surface area contributed by atoms with Crippen LogP contribution in [0.15, 0.2) is 58.4 Å². The van der Waals surface area contributed by atoms with Gasteiger partial charge in [0.25, 0.3) is 0 Å². The van der Waals surface area contributed by atoms with Crippen molar-refractivity contribution in [2.24, 2.45) is 5.16 Å². The van der Waals surface area contributed by atoms with E-state index in [9.17, 15) is 0 Å². The molecule has 0 N–H and O–H groups in total. The van der Waals surface area contributed by atoms with Crippen LogP contribution in [0.1, 0.15) is 18.2 Å². The zero-order valence-corrected chi connectivity index (χ0v) is 12.4. The van der Waals surface area contributed by atoms with Gasteiger partial charge in [-0.3, -0.25) is 4.98 Å². The van der Waals surface area contributed by atoms with Crippen molar-refractivity contribution in [1.82, 2.24) is 4.98 Å². The lowest BCUT2D eigenvalue weighted by Crippen LogP contribution is -1.95. The highest BCUT2D eigenvalue weighted by molar-refractivity contribution is 6.00. The van der Waals surface area contributed by atoms with Crippen LogP contribution in [0.2, 0.25) is 0 Å². The van der Waals surface area contributed by atoms with Crippen LogP contribution in [0.25, 0.3) is 11.0 Å². The Balaban J connectivity index is 1.77. The SMILES string of the molecule is COc1cccc2cc(/C(C)=N\OCc3ccncc3)oc12. The number of furan rings is 1. The molecule has 2 aromatic heterocycles. The van der Waals surface area contributed by atoms with Crippen molar-refractivity contribution < 1.29 is 14.0 Å². The molecular weight excluding hydrogens is 280 g/mol. The Morgan fingerprint density at radius 1 is 1.23 bits per heavy atom. The van der Waals surface area contributed by atoms with E-state index in [1.54, 1.807) is 19.5 Å². The molecule has 5 nitrogen and oxygen atoms in total. The number of oxime groups is 1. The van der Waals surface area contributed by atoms with E-state index in [2.05, 4.69) is 10.1 Å². The molecule has 0 amide bonds. The van der Waals surface area contributed by atoms with Gasteiger partial charge in [0, 0.05) is 17.8 Å². The molecule has 0 fully saturated rings. The number of ether oxygens (including phenoxy) is 1. The lowest BCUT2D eigenvalue weighted by Gasteiger charge is -2.00. The number of hydrogen-bond acceptors (Lipinski definition) is 5. The third-order valence-corrected chi connectivity index (χ3v) is 3.27. The summed E-state index contributed by atoms with van der Waals surface area (Å²) < 4.78 is 11.1. The van der Waals surface area contributed by atoms with Gasteiger partial charge in [-0.15, -0.1) is 0 Å². The van der Waals surface area contributed by atoms with E-state index in [-0.39, 0.29) is 0 Å². The normalized spacial score (nSPS) is 11.6. The second-order valence-corrected chi connectivity index (χ2v) is 4.79. The maximum Gasteiger partial charge on any atom is 0.176 e. The van der Waals surface area contributed by atoms with Crippen LogP contribution in [0.3, 0.4) is 0 Å². The number of benzene rings is 1. The first-order valence-corrected chi connectivity index (χ1v) is 6.90. The number of hydrogen-bond donors (Lipinski definition) is 0. The molecule has 0 unspecified atom stereocenters. The number of fused-ring (bicyclic) bond motifs is 1. The molecule has 0 saturated carbocycles. The largest absolute Gasteiger partial charge is 0.493 e. The van der Waals surface area contributed by atoms with Crippen molar-refractivity contribution >= 4 is 16.7 Å². The average Bonchev–Trinajstić information content (AvgIpc) is 3.00. The van der Waals surface area contributed by atoms with Gasteiger partial charge in [0.1, 0.15) is 12.3 Å². The molecule has 5 heteroatoms. The van der Waals surface area contributed by atoms with E-state index in [1.807, 2.05) is 43.3 Å². The van der Waals surface area contributed by atoms with E-state index < -0.39 is 0 Å². The number of para-hydroxylation sites is 1. The standard InChI is InChI=1S/C17H16N2O3/c1-12(19-21-11-13-6-8-18-9-7-13)16-10-14-4-3-5-15(20-2)17(14)22-16/h3-10H,11H2,1-2H3/b19-12-. The van der Waals surface area contributed by atoms with E-state index in [0.717, 1.165) is 10.9 Å². The summed E-state index contributed by atoms with van der Waals surface area (Å²) in [5, 5.41) is 5.07. The van der Waals surface area contributed by atoms with Crippen molar-refractivity contribution in [1.29, 1.82) is 0 Å². The molecular formula is C17H16N2O3. The Morgan fingerprint density at radius 2 is 2.05 bits per heavy atom. The summed E-state index contributed by atoms with van der Waals surface area (Å²) in [6, 6.07) is 11.4. The van der Waals surface area contributed by atoms with Gasteiger partial charge in [0.05, 0.1) is 7.11 Å². The van der Waals surface area contributed by atoms with Gasteiger partial charge in [-0.1, -0.05) is 17.3 Å². The maximum atomic E-state index is 5.81. The third kappa shape index (κ3) is 2.93. The predicted molar refractivity (Wildman–Crippen MR) is 84.0 cm³/mol. The van der Waals surface area contributed by atoms with Crippen molar-refractivity contribution in [3.8, 4) is 5.75 Å². The summed E-state index contributed by atoms with van der Waals surface area (Å²) in [6.45, 7) is 2.24. The Bertz CT molecular complexity index is 794. The first kappa shape index (κ1) is 14.1. The molecule has 0 spiro atoms. The molecule has 3 rings (SSSR count). The first-order chi connectivity index (χ1) is 10.8. The lowest BCUT2D eigenvalue weighted by atomic mass is 10.2. The van der Waals surface area contributed by atoms with Gasteiger partial charge in [-0.05, 0) is 36.8 Å². The van der Waals surface area contributed by atoms with E-state index in [0.29, 0.717) is 29.4 Å². The Labute approximate surface area is 128 Å². The van der Waals surface area contributed by atoms with Crippen LogP contribution >= 0.6 is 0 Å². The highest BCUT2D eigenvalue weighted by atomic mass is 16.6. The lowest BCUT2D eigenvalue weighted by molar-refractivity contribution is 0.130. The van der Waals surface area contributed by atoms with Crippen molar-refractivity contribution in [3.05, 3.63) is 60.1 Å². The topological polar surface area (TPSA) is 56.9 Å². The molecule has 0 radical (unpaired) electrons. The number of rotatable bonds is 5. The molecule has 22 heavy (non-hydrogen) atoms. The minimum Gasteiger partial charge on any atom is -0.493 e. The van der Waals surface area contributed by atoms with Gasteiger partial charge in [-0.2, -0.15) is 0 Å². The third-order valence-electron chi connectivity index (χ3n) is 3.27. The minimum atomic E-state index is 0.392. The first-order valence-electron chi connectivity index (χ1n) is 6.90. The number of nitrogens with zero attached hydrogens (tertiary/aromatic N) is 2. The zero-order valence-electron chi connectivity index (χ0n) is 12.4. The van der Waals surface area contributed by atoms with Gasteiger partial charge in [0.15, 0.2) is 17.1 Å². The van der Waals surface area contributed by atoms with Crippen LogP contribution < -0.4 is 4.74 Å². The summed E-state index contributed by atoms with van der Waals surface area (Å²) >= 11 is 0. The van der Waals surface area contributed by atoms with Crippen molar-refractivity contribution in [3.63, 3.8) is 0 Å². The smallest absolute Gasteiger partial charge is 0.176 e. The second kappa shape index (κ2) is 6.30. The van der Waals surface area contributed by atoms with Gasteiger partial charge < -0.3 is 14.0 Å². The van der Waals surface area contributed by atoms with E-state index in [4.69, 9.17) is 14.0 Å². The number of aromatic nitrogens is 1. The average molecular weight is 296 g/mol. The Hall–Kier alpha value is -2.82. The molecule has 112 valence electrons. The van der Waals surface area contributed by atoms with Crippen molar-refractivity contribution in [2.45, 2.75) is 13.5 Å². The summed E-state index contributed by atoms with van der Waals surface area (Å²) in [4.78, 5) is 9.32. The van der Waals surface area contributed by atoms with Crippen molar-refractivity contribution in [2.75, 3.05) is 7.11 Å². The predicted octanol–water partition coefficient (Wildman–Crippen LogP) is 3.78. The van der Waals surface area contributed by atoms with Crippen LogP contribution in [0.5, 0.6) is 5.75 Å². The van der Waals surface area contributed by atoms with Gasteiger partial charge >= 0.3 is 0 Å². The molecule has 0 atom stereocenters. The summed E-state index contributed by atoms with van der Waals surface area (Å²) in [6.07, 6.45) is 3.45. The fraction of sp³-hybridized carbons (Fsp3) is 0.176. The minimum absolute atomic E-state index is 0.392. The molecule has 2 heterocycles. The monoisotopic (exact) mass is 296 g/mol. The summed E-state index contributed by atoms with van der Waals surface area (Å²) in [7, 11) is 1.62. The fourth-order valence-electron chi connectivity index (χ4n) is 2.10. The fourth-order valence-corrected chi connectivity index (χ4v) is 2.10.